The molecule has 5 nitrogen and oxygen atoms in total. The zero-order valence-corrected chi connectivity index (χ0v) is 11.6. The maximum Gasteiger partial charge on any atom is 0.230 e. The first kappa shape index (κ1) is 12.4. The lowest BCUT2D eigenvalue weighted by Gasteiger charge is -2.17. The molecule has 1 saturated heterocycles. The van der Waals surface area contributed by atoms with E-state index < -0.39 is 0 Å². The van der Waals surface area contributed by atoms with Crippen molar-refractivity contribution in [1.82, 2.24) is 14.8 Å². The van der Waals surface area contributed by atoms with Gasteiger partial charge >= 0.3 is 0 Å². The average molecular weight is 276 g/mol. The van der Waals surface area contributed by atoms with E-state index in [2.05, 4.69) is 15.1 Å². The van der Waals surface area contributed by atoms with Crippen LogP contribution in [0.3, 0.4) is 0 Å². The number of ether oxygens (including phenoxy) is 1. The van der Waals surface area contributed by atoms with Gasteiger partial charge in [0.15, 0.2) is 0 Å². The molecule has 1 N–H and O–H groups in total. The van der Waals surface area contributed by atoms with Crippen molar-refractivity contribution >= 4 is 18.2 Å². The standard InChI is InChI=1S/C13H16N4OS/c1-18-11-7-8-16(9-11)12-14-15-13(19)17(12)10-5-3-2-4-6-10/h2-6,11H,7-9H2,1H3,(H,15,19). The largest absolute Gasteiger partial charge is 0.380 e. The highest BCUT2D eigenvalue weighted by Crippen LogP contribution is 2.23. The third-order valence-electron chi connectivity index (χ3n) is 3.43. The quantitative estimate of drug-likeness (QED) is 0.873. The van der Waals surface area contributed by atoms with Crippen LogP contribution in [-0.4, -0.2) is 41.1 Å². The molecule has 0 radical (unpaired) electrons. The Kier molecular flexibility index (Phi) is 3.35. The van der Waals surface area contributed by atoms with Gasteiger partial charge in [-0.1, -0.05) is 18.2 Å². The van der Waals surface area contributed by atoms with Crippen molar-refractivity contribution in [2.45, 2.75) is 12.5 Å². The van der Waals surface area contributed by atoms with Crippen molar-refractivity contribution in [2.24, 2.45) is 0 Å². The first-order chi connectivity index (χ1) is 9.29. The number of methoxy groups -OCH3 is 1. The van der Waals surface area contributed by atoms with Gasteiger partial charge in [-0.3, -0.25) is 4.57 Å². The zero-order valence-electron chi connectivity index (χ0n) is 10.7. The molecule has 1 aromatic carbocycles. The molecular formula is C13H16N4OS. The fraction of sp³-hybridized carbons (Fsp3) is 0.385. The number of H-pyrrole nitrogens is 1. The first-order valence-electron chi connectivity index (χ1n) is 6.30. The number of hydrogen-bond acceptors (Lipinski definition) is 4. The van der Waals surface area contributed by atoms with Crippen LogP contribution in [0.15, 0.2) is 30.3 Å². The molecule has 100 valence electrons. The SMILES string of the molecule is COC1CCN(c2n[nH]c(=S)n2-c2ccccc2)C1. The summed E-state index contributed by atoms with van der Waals surface area (Å²) in [6, 6.07) is 10.0. The van der Waals surface area contributed by atoms with Gasteiger partial charge in [0.05, 0.1) is 11.8 Å². The molecule has 1 aromatic heterocycles. The first-order valence-corrected chi connectivity index (χ1v) is 6.71. The molecule has 1 fully saturated rings. The Morgan fingerprint density at radius 2 is 2.16 bits per heavy atom. The molecule has 0 aliphatic carbocycles. The third kappa shape index (κ3) is 2.29. The van der Waals surface area contributed by atoms with Gasteiger partial charge < -0.3 is 9.64 Å². The molecule has 19 heavy (non-hydrogen) atoms. The number of benzene rings is 1. The van der Waals surface area contributed by atoms with Gasteiger partial charge in [-0.2, -0.15) is 0 Å². The van der Waals surface area contributed by atoms with E-state index in [1.54, 1.807) is 7.11 Å². The summed E-state index contributed by atoms with van der Waals surface area (Å²) in [5.41, 5.74) is 1.03. The van der Waals surface area contributed by atoms with Crippen molar-refractivity contribution in [2.75, 3.05) is 25.1 Å². The van der Waals surface area contributed by atoms with Crippen LogP contribution in [0, 0.1) is 4.77 Å². The summed E-state index contributed by atoms with van der Waals surface area (Å²) < 4.78 is 7.98. The second-order valence-corrected chi connectivity index (χ2v) is 4.98. The highest BCUT2D eigenvalue weighted by molar-refractivity contribution is 7.71. The van der Waals surface area contributed by atoms with E-state index in [-0.39, 0.29) is 6.10 Å². The Bertz CT molecular complexity index is 607. The van der Waals surface area contributed by atoms with E-state index in [1.807, 2.05) is 34.9 Å². The van der Waals surface area contributed by atoms with E-state index in [9.17, 15) is 0 Å². The fourth-order valence-electron chi connectivity index (χ4n) is 2.41. The number of para-hydroxylation sites is 1. The highest BCUT2D eigenvalue weighted by Gasteiger charge is 2.26. The van der Waals surface area contributed by atoms with Crippen molar-refractivity contribution in [1.29, 1.82) is 0 Å². The van der Waals surface area contributed by atoms with Crippen LogP contribution in [-0.2, 0) is 4.74 Å². The molecule has 1 unspecified atom stereocenters. The lowest BCUT2D eigenvalue weighted by molar-refractivity contribution is 0.121. The Balaban J connectivity index is 1.98. The predicted molar refractivity (Wildman–Crippen MR) is 76.4 cm³/mol. The lowest BCUT2D eigenvalue weighted by atomic mass is 10.3. The van der Waals surface area contributed by atoms with Crippen LogP contribution < -0.4 is 4.90 Å². The van der Waals surface area contributed by atoms with E-state index in [0.29, 0.717) is 4.77 Å². The summed E-state index contributed by atoms with van der Waals surface area (Å²) in [5, 5.41) is 7.24. The van der Waals surface area contributed by atoms with Crippen molar-refractivity contribution in [3.8, 4) is 5.69 Å². The summed E-state index contributed by atoms with van der Waals surface area (Å²) >= 11 is 5.34. The molecular weight excluding hydrogens is 260 g/mol. The van der Waals surface area contributed by atoms with Crippen molar-refractivity contribution in [3.63, 3.8) is 0 Å². The van der Waals surface area contributed by atoms with Crippen molar-refractivity contribution < 1.29 is 4.74 Å². The van der Waals surface area contributed by atoms with Gasteiger partial charge in [-0.15, -0.1) is 5.10 Å². The Morgan fingerprint density at radius 3 is 2.84 bits per heavy atom. The molecule has 0 saturated carbocycles. The number of aromatic amines is 1. The summed E-state index contributed by atoms with van der Waals surface area (Å²) in [4.78, 5) is 2.20. The predicted octanol–water partition coefficient (Wildman–Crippen LogP) is 2.15. The van der Waals surface area contributed by atoms with E-state index in [4.69, 9.17) is 17.0 Å². The smallest absolute Gasteiger partial charge is 0.230 e. The minimum atomic E-state index is 0.273. The van der Waals surface area contributed by atoms with Gasteiger partial charge in [0, 0.05) is 20.2 Å². The molecule has 0 spiro atoms. The molecule has 3 rings (SSSR count). The number of nitrogens with zero attached hydrogens (tertiary/aromatic N) is 3. The number of nitrogens with one attached hydrogen (secondary N) is 1. The van der Waals surface area contributed by atoms with E-state index in [0.717, 1.165) is 31.1 Å². The number of rotatable bonds is 3. The average Bonchev–Trinajstić information content (AvgIpc) is 3.05. The van der Waals surface area contributed by atoms with Gasteiger partial charge in [-0.25, -0.2) is 5.10 Å². The maximum atomic E-state index is 5.40. The van der Waals surface area contributed by atoms with Gasteiger partial charge in [-0.05, 0) is 30.8 Å². The summed E-state index contributed by atoms with van der Waals surface area (Å²) in [5.74, 6) is 0.857. The molecule has 0 bridgehead atoms. The van der Waals surface area contributed by atoms with Gasteiger partial charge in [0.2, 0.25) is 10.7 Å². The number of anilines is 1. The molecule has 1 aliphatic rings. The number of hydrogen-bond donors (Lipinski definition) is 1. The molecule has 2 heterocycles. The molecule has 1 atom stereocenters. The Hall–Kier alpha value is -1.66. The summed E-state index contributed by atoms with van der Waals surface area (Å²) in [6.45, 7) is 1.79. The molecule has 2 aromatic rings. The topological polar surface area (TPSA) is 46.1 Å². The van der Waals surface area contributed by atoms with Crippen LogP contribution >= 0.6 is 12.2 Å². The fourth-order valence-corrected chi connectivity index (χ4v) is 2.65. The minimum absolute atomic E-state index is 0.273. The van der Waals surface area contributed by atoms with E-state index >= 15 is 0 Å². The minimum Gasteiger partial charge on any atom is -0.380 e. The second kappa shape index (κ2) is 5.14. The van der Waals surface area contributed by atoms with Crippen LogP contribution in [0.4, 0.5) is 5.95 Å². The second-order valence-electron chi connectivity index (χ2n) is 4.59. The zero-order chi connectivity index (χ0) is 13.2. The summed E-state index contributed by atoms with van der Waals surface area (Å²) in [7, 11) is 1.75. The molecule has 0 amide bonds. The summed E-state index contributed by atoms with van der Waals surface area (Å²) in [6.07, 6.45) is 1.29. The molecule has 6 heteroatoms. The van der Waals surface area contributed by atoms with Crippen LogP contribution in [0.2, 0.25) is 0 Å². The Morgan fingerprint density at radius 1 is 1.37 bits per heavy atom. The van der Waals surface area contributed by atoms with Gasteiger partial charge in [0.25, 0.3) is 0 Å². The monoisotopic (exact) mass is 276 g/mol. The highest BCUT2D eigenvalue weighted by atomic mass is 32.1. The normalized spacial score (nSPS) is 19.0. The van der Waals surface area contributed by atoms with Crippen LogP contribution in [0.5, 0.6) is 0 Å². The lowest BCUT2D eigenvalue weighted by Crippen LogP contribution is -2.25. The van der Waals surface area contributed by atoms with Crippen molar-refractivity contribution in [3.05, 3.63) is 35.1 Å². The maximum absolute atomic E-state index is 5.40. The molecule has 1 aliphatic heterocycles. The van der Waals surface area contributed by atoms with Crippen LogP contribution in [0.25, 0.3) is 5.69 Å². The van der Waals surface area contributed by atoms with E-state index in [1.165, 1.54) is 0 Å². The Labute approximate surface area is 116 Å². The van der Waals surface area contributed by atoms with Crippen LogP contribution in [0.1, 0.15) is 6.42 Å². The van der Waals surface area contributed by atoms with Gasteiger partial charge in [0.1, 0.15) is 0 Å². The number of aromatic nitrogens is 3. The third-order valence-corrected chi connectivity index (χ3v) is 3.70.